The van der Waals surface area contributed by atoms with E-state index in [2.05, 4.69) is 16.0 Å². The van der Waals surface area contributed by atoms with Crippen molar-refractivity contribution in [3.8, 4) is 0 Å². The number of rotatable bonds is 6. The van der Waals surface area contributed by atoms with Gasteiger partial charge in [0.2, 0.25) is 5.91 Å². The second-order valence-corrected chi connectivity index (χ2v) is 5.55. The van der Waals surface area contributed by atoms with E-state index in [1.54, 1.807) is 11.8 Å². The number of benzene rings is 1. The van der Waals surface area contributed by atoms with Crippen molar-refractivity contribution < 1.29 is 9.59 Å². The van der Waals surface area contributed by atoms with Gasteiger partial charge in [0.1, 0.15) is 0 Å². The maximum Gasteiger partial charge on any atom is 0.321 e. The molecule has 0 aliphatic rings. The minimum Gasteiger partial charge on any atom is -0.375 e. The quantitative estimate of drug-likeness (QED) is 0.704. The number of nitrogens with one attached hydrogen (secondary N) is 3. The Morgan fingerprint density at radius 2 is 1.95 bits per heavy atom. The van der Waals surface area contributed by atoms with Crippen LogP contribution in [0.15, 0.2) is 29.2 Å². The van der Waals surface area contributed by atoms with Crippen molar-refractivity contribution in [1.82, 2.24) is 10.6 Å². The third-order valence-electron chi connectivity index (χ3n) is 2.47. The largest absolute Gasteiger partial charge is 0.375 e. The van der Waals surface area contributed by atoms with Crippen LogP contribution >= 0.6 is 11.8 Å². The Kier molecular flexibility index (Phi) is 6.93. The van der Waals surface area contributed by atoms with E-state index in [4.69, 9.17) is 0 Å². The van der Waals surface area contributed by atoms with E-state index in [-0.39, 0.29) is 12.5 Å². The molecule has 3 amide bonds. The number of amides is 3. The lowest BCUT2D eigenvalue weighted by Gasteiger charge is -2.11. The minimum absolute atomic E-state index is 0.0622. The summed E-state index contributed by atoms with van der Waals surface area (Å²) in [6.07, 6.45) is 1.97. The summed E-state index contributed by atoms with van der Waals surface area (Å²) in [5.41, 5.74) is 0.887. The van der Waals surface area contributed by atoms with E-state index >= 15 is 0 Å². The zero-order valence-electron chi connectivity index (χ0n) is 12.0. The predicted molar refractivity (Wildman–Crippen MR) is 83.1 cm³/mol. The first-order valence-electron chi connectivity index (χ1n) is 6.47. The highest BCUT2D eigenvalue weighted by atomic mass is 32.2. The highest BCUT2D eigenvalue weighted by Gasteiger charge is 2.08. The van der Waals surface area contributed by atoms with E-state index in [0.717, 1.165) is 10.6 Å². The molecule has 20 heavy (non-hydrogen) atoms. The third kappa shape index (κ3) is 5.97. The van der Waals surface area contributed by atoms with Crippen LogP contribution in [0.4, 0.5) is 10.5 Å². The van der Waals surface area contributed by atoms with E-state index < -0.39 is 6.03 Å². The van der Waals surface area contributed by atoms with Crippen LogP contribution in [0.5, 0.6) is 0 Å². The molecule has 1 rings (SSSR count). The van der Waals surface area contributed by atoms with Crippen molar-refractivity contribution in [1.29, 1.82) is 0 Å². The van der Waals surface area contributed by atoms with E-state index in [9.17, 15) is 9.59 Å². The Morgan fingerprint density at radius 3 is 2.60 bits per heavy atom. The average molecular weight is 295 g/mol. The summed E-state index contributed by atoms with van der Waals surface area (Å²) in [6.45, 7) is 4.58. The summed E-state index contributed by atoms with van der Waals surface area (Å²) in [7, 11) is 0. The van der Waals surface area contributed by atoms with E-state index in [0.29, 0.717) is 12.5 Å². The molecule has 1 aromatic carbocycles. The molecule has 0 radical (unpaired) electrons. The fourth-order valence-corrected chi connectivity index (χ4v) is 2.05. The lowest BCUT2D eigenvalue weighted by molar-refractivity contribution is -0.118. The molecule has 1 aromatic rings. The van der Waals surface area contributed by atoms with Gasteiger partial charge in [-0.15, -0.1) is 11.8 Å². The van der Waals surface area contributed by atoms with Crippen LogP contribution in [-0.4, -0.2) is 31.3 Å². The average Bonchev–Trinajstić information content (AvgIpc) is 2.43. The number of imide groups is 1. The molecule has 0 aliphatic heterocycles. The Bertz CT molecular complexity index is 463. The normalized spacial score (nSPS) is 10.2. The molecule has 0 unspecified atom stereocenters. The van der Waals surface area contributed by atoms with E-state index in [1.165, 1.54) is 0 Å². The molecule has 6 heteroatoms. The zero-order valence-corrected chi connectivity index (χ0v) is 12.8. The number of carbonyl (C=O) groups is 2. The maximum atomic E-state index is 11.6. The Balaban J connectivity index is 2.38. The van der Waals surface area contributed by atoms with Crippen LogP contribution in [0.2, 0.25) is 0 Å². The molecule has 0 saturated heterocycles. The molecule has 0 heterocycles. The van der Waals surface area contributed by atoms with Crippen LogP contribution in [0.1, 0.15) is 13.8 Å². The number of urea groups is 1. The Labute approximate surface area is 123 Å². The summed E-state index contributed by atoms with van der Waals surface area (Å²) in [4.78, 5) is 24.1. The van der Waals surface area contributed by atoms with Gasteiger partial charge in [0.05, 0.1) is 6.54 Å². The van der Waals surface area contributed by atoms with Crippen LogP contribution in [0.3, 0.4) is 0 Å². The molecule has 5 nitrogen and oxygen atoms in total. The van der Waals surface area contributed by atoms with Gasteiger partial charge >= 0.3 is 6.03 Å². The van der Waals surface area contributed by atoms with Gasteiger partial charge in [0, 0.05) is 17.1 Å². The molecule has 3 N–H and O–H groups in total. The molecule has 0 aliphatic carbocycles. The lowest BCUT2D eigenvalue weighted by Crippen LogP contribution is -2.43. The molecule has 0 aromatic heterocycles. The van der Waals surface area contributed by atoms with Crippen LogP contribution in [0.25, 0.3) is 0 Å². The number of anilines is 1. The van der Waals surface area contributed by atoms with Crippen molar-refractivity contribution in [2.75, 3.05) is 24.7 Å². The number of carbonyl (C=O) groups excluding carboxylic acids is 2. The zero-order chi connectivity index (χ0) is 15.0. The van der Waals surface area contributed by atoms with Gasteiger partial charge in [-0.05, 0) is 24.3 Å². The monoisotopic (exact) mass is 295 g/mol. The fraction of sp³-hybridized carbons (Fsp3) is 0.429. The predicted octanol–water partition coefficient (Wildman–Crippen LogP) is 2.30. The van der Waals surface area contributed by atoms with Crippen molar-refractivity contribution >= 4 is 29.4 Å². The molecule has 110 valence electrons. The first-order valence-corrected chi connectivity index (χ1v) is 7.70. The van der Waals surface area contributed by atoms with Gasteiger partial charge in [-0.25, -0.2) is 4.79 Å². The number of thioether (sulfide) groups is 1. The maximum absolute atomic E-state index is 11.6. The minimum atomic E-state index is -0.455. The van der Waals surface area contributed by atoms with Gasteiger partial charge in [0.15, 0.2) is 0 Å². The summed E-state index contributed by atoms with van der Waals surface area (Å²) in [6, 6.07) is 7.26. The molecule has 0 atom stereocenters. The third-order valence-corrected chi connectivity index (χ3v) is 3.27. The molecular weight excluding hydrogens is 274 g/mol. The van der Waals surface area contributed by atoms with Crippen molar-refractivity contribution in [2.24, 2.45) is 5.92 Å². The van der Waals surface area contributed by atoms with Gasteiger partial charge in [-0.2, -0.15) is 0 Å². The lowest BCUT2D eigenvalue weighted by atomic mass is 10.2. The summed E-state index contributed by atoms with van der Waals surface area (Å²) in [5, 5.41) is 7.94. The summed E-state index contributed by atoms with van der Waals surface area (Å²) in [5.74, 6) is -0.00963. The van der Waals surface area contributed by atoms with Gasteiger partial charge in [0.25, 0.3) is 0 Å². The second kappa shape index (κ2) is 8.47. The van der Waals surface area contributed by atoms with Gasteiger partial charge < -0.3 is 10.6 Å². The summed E-state index contributed by atoms with van der Waals surface area (Å²) >= 11 is 1.60. The molecule has 0 saturated carbocycles. The van der Waals surface area contributed by atoms with Crippen LogP contribution in [0, 0.1) is 5.92 Å². The Hall–Kier alpha value is -1.69. The first-order chi connectivity index (χ1) is 9.52. The highest BCUT2D eigenvalue weighted by Crippen LogP contribution is 2.24. The standard InChI is InChI=1S/C14H21N3O2S/c1-10(2)8-16-14(19)17-13(18)9-15-11-6-4-5-7-12(11)20-3/h4-7,10,15H,8-9H2,1-3H3,(H2,16,17,18,19). The fourth-order valence-electron chi connectivity index (χ4n) is 1.48. The number of para-hydroxylation sites is 1. The van der Waals surface area contributed by atoms with Gasteiger partial charge in [-0.3, -0.25) is 10.1 Å². The van der Waals surface area contributed by atoms with Gasteiger partial charge in [-0.1, -0.05) is 26.0 Å². The molecule has 0 fully saturated rings. The molecule has 0 bridgehead atoms. The van der Waals surface area contributed by atoms with Crippen LogP contribution in [-0.2, 0) is 4.79 Å². The first kappa shape index (κ1) is 16.4. The SMILES string of the molecule is CSc1ccccc1NCC(=O)NC(=O)NCC(C)C. The van der Waals surface area contributed by atoms with Crippen molar-refractivity contribution in [3.63, 3.8) is 0 Å². The smallest absolute Gasteiger partial charge is 0.321 e. The summed E-state index contributed by atoms with van der Waals surface area (Å²) < 4.78 is 0. The number of hydrogen-bond acceptors (Lipinski definition) is 4. The van der Waals surface area contributed by atoms with E-state index in [1.807, 2.05) is 44.4 Å². The molecular formula is C14H21N3O2S. The molecule has 0 spiro atoms. The van der Waals surface area contributed by atoms with Crippen LogP contribution < -0.4 is 16.0 Å². The topological polar surface area (TPSA) is 70.2 Å². The number of hydrogen-bond donors (Lipinski definition) is 3. The van der Waals surface area contributed by atoms with Crippen molar-refractivity contribution in [3.05, 3.63) is 24.3 Å². The van der Waals surface area contributed by atoms with Crippen molar-refractivity contribution in [2.45, 2.75) is 18.7 Å². The second-order valence-electron chi connectivity index (χ2n) is 4.71. The highest BCUT2D eigenvalue weighted by molar-refractivity contribution is 7.98. The Morgan fingerprint density at radius 1 is 1.25 bits per heavy atom.